The second kappa shape index (κ2) is 10.6. The van der Waals surface area contributed by atoms with Crippen LogP contribution in [0.2, 0.25) is 0 Å². The number of hydrogen-bond donors (Lipinski definition) is 2. The first-order valence-electron chi connectivity index (χ1n) is 9.24. The molecule has 0 bridgehead atoms. The van der Waals surface area contributed by atoms with Crippen LogP contribution in [0.4, 0.5) is 10.8 Å². The average molecular weight is 419 g/mol. The lowest BCUT2D eigenvalue weighted by Crippen LogP contribution is -2.22. The van der Waals surface area contributed by atoms with Gasteiger partial charge in [-0.2, -0.15) is 0 Å². The van der Waals surface area contributed by atoms with E-state index in [2.05, 4.69) is 29.5 Å². The number of ether oxygens (including phenoxy) is 1. The highest BCUT2D eigenvalue weighted by Gasteiger charge is 2.15. The molecule has 0 spiro atoms. The molecule has 2 rings (SSSR count). The van der Waals surface area contributed by atoms with Crippen LogP contribution in [-0.4, -0.2) is 54.9 Å². The van der Waals surface area contributed by atoms with E-state index < -0.39 is 18.5 Å². The largest absolute Gasteiger partial charge is 0.451 e. The molecular formula is C20H26N4O4S. The first kappa shape index (κ1) is 22.4. The maximum absolute atomic E-state index is 12.1. The zero-order valence-corrected chi connectivity index (χ0v) is 17.8. The van der Waals surface area contributed by atoms with Gasteiger partial charge in [0.15, 0.2) is 17.4 Å². The van der Waals surface area contributed by atoms with Crippen LogP contribution in [0.5, 0.6) is 0 Å². The predicted molar refractivity (Wildman–Crippen MR) is 113 cm³/mol. The number of aromatic nitrogens is 1. The molecular weight excluding hydrogens is 392 g/mol. The van der Waals surface area contributed by atoms with Crippen molar-refractivity contribution >= 4 is 39.9 Å². The molecule has 0 fully saturated rings. The maximum Gasteiger partial charge on any atom is 0.358 e. The summed E-state index contributed by atoms with van der Waals surface area (Å²) < 4.78 is 5.02. The number of benzene rings is 1. The van der Waals surface area contributed by atoms with Crippen molar-refractivity contribution < 1.29 is 19.1 Å². The van der Waals surface area contributed by atoms with Gasteiger partial charge in [-0.3, -0.25) is 9.59 Å². The molecule has 0 aliphatic rings. The quantitative estimate of drug-likeness (QED) is 0.607. The fraction of sp³-hybridized carbons (Fsp3) is 0.400. The summed E-state index contributed by atoms with van der Waals surface area (Å²) in [6.07, 6.45) is 1.00. The average Bonchev–Trinajstić information content (AvgIpc) is 3.15. The highest BCUT2D eigenvalue weighted by atomic mass is 32.1. The molecule has 1 heterocycles. The Bertz CT molecular complexity index is 846. The lowest BCUT2D eigenvalue weighted by atomic mass is 10.1. The Kier molecular flexibility index (Phi) is 8.14. The van der Waals surface area contributed by atoms with Crippen molar-refractivity contribution in [3.05, 3.63) is 40.9 Å². The van der Waals surface area contributed by atoms with E-state index in [0.717, 1.165) is 13.0 Å². The Balaban J connectivity index is 1.79. The first-order valence-corrected chi connectivity index (χ1v) is 10.1. The Labute approximate surface area is 174 Å². The van der Waals surface area contributed by atoms with E-state index in [1.54, 1.807) is 43.7 Å². The number of carbonyl (C=O) groups excluding carboxylic acids is 3. The van der Waals surface area contributed by atoms with Crippen LogP contribution in [0.1, 0.15) is 41.1 Å². The normalized spacial score (nSPS) is 10.5. The molecule has 9 heteroatoms. The Morgan fingerprint density at radius 3 is 2.48 bits per heavy atom. The molecule has 156 valence electrons. The zero-order valence-electron chi connectivity index (χ0n) is 17.0. The van der Waals surface area contributed by atoms with Crippen LogP contribution in [0.25, 0.3) is 0 Å². The Hall–Kier alpha value is -2.94. The van der Waals surface area contributed by atoms with Gasteiger partial charge in [0.25, 0.3) is 11.8 Å². The molecule has 0 radical (unpaired) electrons. The van der Waals surface area contributed by atoms with Gasteiger partial charge in [0, 0.05) is 37.3 Å². The lowest BCUT2D eigenvalue weighted by molar-refractivity contribution is -0.119. The SMILES string of the molecule is CC(C)CCNc1nc(C(=O)OCC(=O)Nc2ccc(C(=O)N(C)C)cc2)cs1. The number of esters is 1. The Morgan fingerprint density at radius 2 is 1.86 bits per heavy atom. The van der Waals surface area contributed by atoms with E-state index in [1.807, 2.05) is 0 Å². The molecule has 8 nitrogen and oxygen atoms in total. The summed E-state index contributed by atoms with van der Waals surface area (Å²) in [7, 11) is 3.33. The minimum absolute atomic E-state index is 0.127. The molecule has 0 aliphatic heterocycles. The van der Waals surface area contributed by atoms with Crippen molar-refractivity contribution in [1.82, 2.24) is 9.88 Å². The fourth-order valence-electron chi connectivity index (χ4n) is 2.27. The number of hydrogen-bond acceptors (Lipinski definition) is 7. The van der Waals surface area contributed by atoms with Crippen LogP contribution in [0.15, 0.2) is 29.6 Å². The smallest absolute Gasteiger partial charge is 0.358 e. The Morgan fingerprint density at radius 1 is 1.17 bits per heavy atom. The van der Waals surface area contributed by atoms with Crippen molar-refractivity contribution in [3.63, 3.8) is 0 Å². The third-order valence-corrected chi connectivity index (χ3v) is 4.67. The number of amides is 2. The van der Waals surface area contributed by atoms with Crippen LogP contribution in [-0.2, 0) is 9.53 Å². The minimum atomic E-state index is -0.653. The topological polar surface area (TPSA) is 101 Å². The highest BCUT2D eigenvalue weighted by Crippen LogP contribution is 2.17. The summed E-state index contributed by atoms with van der Waals surface area (Å²) in [6, 6.07) is 6.47. The molecule has 29 heavy (non-hydrogen) atoms. The predicted octanol–water partition coefficient (Wildman–Crippen LogP) is 3.10. The zero-order chi connectivity index (χ0) is 21.4. The van der Waals surface area contributed by atoms with Gasteiger partial charge in [0.1, 0.15) is 0 Å². The summed E-state index contributed by atoms with van der Waals surface area (Å²) >= 11 is 1.32. The van der Waals surface area contributed by atoms with E-state index in [4.69, 9.17) is 4.74 Å². The molecule has 0 saturated heterocycles. The standard InChI is InChI=1S/C20H26N4O4S/c1-13(2)9-10-21-20-23-16(12-29-20)19(27)28-11-17(25)22-15-7-5-14(6-8-15)18(26)24(3)4/h5-8,12-13H,9-11H2,1-4H3,(H,21,23)(H,22,25). The molecule has 2 aromatic rings. The first-order chi connectivity index (χ1) is 13.8. The second-order valence-corrected chi connectivity index (χ2v) is 7.91. The molecule has 0 saturated carbocycles. The van der Waals surface area contributed by atoms with Gasteiger partial charge < -0.3 is 20.3 Å². The van der Waals surface area contributed by atoms with Gasteiger partial charge in [0.2, 0.25) is 0 Å². The molecule has 1 aromatic carbocycles. The fourth-order valence-corrected chi connectivity index (χ4v) is 2.98. The summed E-state index contributed by atoms with van der Waals surface area (Å²) in [4.78, 5) is 41.5. The van der Waals surface area contributed by atoms with Crippen molar-refractivity contribution in [1.29, 1.82) is 0 Å². The number of thiazole rings is 1. The molecule has 0 aliphatic carbocycles. The van der Waals surface area contributed by atoms with Crippen LogP contribution < -0.4 is 10.6 Å². The van der Waals surface area contributed by atoms with Crippen molar-refractivity contribution in [2.45, 2.75) is 20.3 Å². The second-order valence-electron chi connectivity index (χ2n) is 7.05. The van der Waals surface area contributed by atoms with Crippen molar-refractivity contribution in [2.75, 3.05) is 37.9 Å². The van der Waals surface area contributed by atoms with Gasteiger partial charge in [0.05, 0.1) is 0 Å². The maximum atomic E-state index is 12.1. The van der Waals surface area contributed by atoms with E-state index in [-0.39, 0.29) is 11.6 Å². The number of anilines is 2. The summed E-state index contributed by atoms with van der Waals surface area (Å²) in [5, 5.41) is 8.02. The molecule has 2 amide bonds. The van der Waals surface area contributed by atoms with Gasteiger partial charge in [-0.1, -0.05) is 13.8 Å². The van der Waals surface area contributed by atoms with E-state index in [9.17, 15) is 14.4 Å². The number of carbonyl (C=O) groups is 3. The number of rotatable bonds is 9. The molecule has 0 unspecified atom stereocenters. The minimum Gasteiger partial charge on any atom is -0.451 e. The number of nitrogens with one attached hydrogen (secondary N) is 2. The highest BCUT2D eigenvalue weighted by molar-refractivity contribution is 7.13. The molecule has 2 N–H and O–H groups in total. The van der Waals surface area contributed by atoms with Gasteiger partial charge >= 0.3 is 5.97 Å². The van der Waals surface area contributed by atoms with Crippen LogP contribution in [0, 0.1) is 5.92 Å². The van der Waals surface area contributed by atoms with Gasteiger partial charge in [-0.15, -0.1) is 11.3 Å². The molecule has 1 aromatic heterocycles. The van der Waals surface area contributed by atoms with E-state index in [1.165, 1.54) is 16.2 Å². The van der Waals surface area contributed by atoms with E-state index >= 15 is 0 Å². The van der Waals surface area contributed by atoms with Gasteiger partial charge in [-0.25, -0.2) is 9.78 Å². The van der Waals surface area contributed by atoms with Crippen molar-refractivity contribution in [2.24, 2.45) is 5.92 Å². The number of nitrogens with zero attached hydrogens (tertiary/aromatic N) is 2. The van der Waals surface area contributed by atoms with Crippen LogP contribution >= 0.6 is 11.3 Å². The third-order valence-electron chi connectivity index (χ3n) is 3.87. The third kappa shape index (κ3) is 7.19. The van der Waals surface area contributed by atoms with Crippen LogP contribution in [0.3, 0.4) is 0 Å². The van der Waals surface area contributed by atoms with Crippen molar-refractivity contribution in [3.8, 4) is 0 Å². The van der Waals surface area contributed by atoms with E-state index in [0.29, 0.717) is 22.3 Å². The summed E-state index contributed by atoms with van der Waals surface area (Å²) in [5.74, 6) is -0.677. The summed E-state index contributed by atoms with van der Waals surface area (Å²) in [5.41, 5.74) is 1.19. The summed E-state index contributed by atoms with van der Waals surface area (Å²) in [6.45, 7) is 4.62. The monoisotopic (exact) mass is 418 g/mol. The lowest BCUT2D eigenvalue weighted by Gasteiger charge is -2.11. The molecule has 0 atom stereocenters. The van der Waals surface area contributed by atoms with Gasteiger partial charge in [-0.05, 0) is 36.6 Å².